The molecule has 2 rings (SSSR count). The molecule has 1 saturated heterocycles. The molecule has 1 aliphatic heterocycles. The molecule has 0 atom stereocenters. The van der Waals surface area contributed by atoms with E-state index >= 15 is 0 Å². The van der Waals surface area contributed by atoms with Crippen molar-refractivity contribution in [2.45, 2.75) is 6.92 Å². The third-order valence-corrected chi connectivity index (χ3v) is 3.51. The number of benzene rings is 1. The molecule has 0 unspecified atom stereocenters. The molecule has 1 amide bonds. The van der Waals surface area contributed by atoms with Crippen molar-refractivity contribution in [2.75, 3.05) is 32.7 Å². The number of amides is 1. The van der Waals surface area contributed by atoms with Gasteiger partial charge in [0, 0.05) is 32.2 Å². The number of piperazine rings is 1. The third-order valence-electron chi connectivity index (χ3n) is 3.51. The fraction of sp³-hybridized carbons (Fsp3) is 0.462. The highest BCUT2D eigenvalue weighted by Crippen LogP contribution is 2.25. The Morgan fingerprint density at radius 3 is 2.55 bits per heavy atom. The fourth-order valence-electron chi connectivity index (χ4n) is 2.29. The lowest BCUT2D eigenvalue weighted by atomic mass is 10.1. The van der Waals surface area contributed by atoms with E-state index in [-0.39, 0.29) is 17.0 Å². The second-order valence-electron chi connectivity index (χ2n) is 4.69. The molecule has 0 spiro atoms. The smallest absolute Gasteiger partial charge is 0.282 e. The van der Waals surface area contributed by atoms with Crippen LogP contribution in [-0.4, -0.2) is 58.5 Å². The van der Waals surface area contributed by atoms with E-state index in [1.807, 2.05) is 0 Å². The van der Waals surface area contributed by atoms with Crippen molar-refractivity contribution in [3.05, 3.63) is 33.9 Å². The summed E-state index contributed by atoms with van der Waals surface area (Å²) in [5, 5.41) is 20.4. The number of carbonyl (C=O) groups excluding carboxylic acids is 1. The molecular formula is C13H17N3O4. The Kier molecular flexibility index (Phi) is 4.19. The molecule has 0 aromatic heterocycles. The number of aromatic hydroxyl groups is 1. The van der Waals surface area contributed by atoms with E-state index in [1.165, 1.54) is 6.07 Å². The first-order valence-corrected chi connectivity index (χ1v) is 6.52. The maximum Gasteiger partial charge on any atom is 0.282 e. The summed E-state index contributed by atoms with van der Waals surface area (Å²) >= 11 is 0. The Morgan fingerprint density at radius 2 is 2.00 bits per heavy atom. The number of hydrogen-bond donors (Lipinski definition) is 1. The van der Waals surface area contributed by atoms with Gasteiger partial charge in [-0.1, -0.05) is 6.92 Å². The molecule has 20 heavy (non-hydrogen) atoms. The van der Waals surface area contributed by atoms with Crippen LogP contribution in [0.4, 0.5) is 5.69 Å². The van der Waals surface area contributed by atoms with Gasteiger partial charge < -0.3 is 14.9 Å². The van der Waals surface area contributed by atoms with Crippen molar-refractivity contribution < 1.29 is 14.8 Å². The molecule has 0 saturated carbocycles. The minimum atomic E-state index is -0.602. The normalized spacial score (nSPS) is 16.1. The summed E-state index contributed by atoms with van der Waals surface area (Å²) in [6.07, 6.45) is 0. The predicted molar refractivity (Wildman–Crippen MR) is 72.8 cm³/mol. The Labute approximate surface area is 116 Å². The molecular weight excluding hydrogens is 262 g/mol. The Morgan fingerprint density at radius 1 is 1.35 bits per heavy atom. The molecule has 1 aromatic rings. The van der Waals surface area contributed by atoms with Crippen LogP contribution in [0.3, 0.4) is 0 Å². The highest BCUT2D eigenvalue weighted by atomic mass is 16.6. The molecule has 1 aromatic carbocycles. The van der Waals surface area contributed by atoms with Gasteiger partial charge in [-0.05, 0) is 18.7 Å². The summed E-state index contributed by atoms with van der Waals surface area (Å²) in [4.78, 5) is 26.5. The Bertz CT molecular complexity index is 524. The Balaban J connectivity index is 2.21. The number of phenols is 1. The number of phenolic OH excluding ortho intramolecular Hbond substituents is 1. The fourth-order valence-corrected chi connectivity index (χ4v) is 2.29. The number of nitro groups is 1. The number of likely N-dealkylation sites (N-methyl/N-ethyl adjacent to an activating group) is 1. The predicted octanol–water partition coefficient (Wildman–Crippen LogP) is 1.08. The third kappa shape index (κ3) is 2.88. The van der Waals surface area contributed by atoms with E-state index < -0.39 is 10.8 Å². The van der Waals surface area contributed by atoms with Crippen LogP contribution in [0, 0.1) is 10.1 Å². The summed E-state index contributed by atoms with van der Waals surface area (Å²) in [7, 11) is 0. The van der Waals surface area contributed by atoms with Crippen LogP contribution < -0.4 is 0 Å². The summed E-state index contributed by atoms with van der Waals surface area (Å²) in [5.74, 6) is -0.547. The zero-order chi connectivity index (χ0) is 14.7. The van der Waals surface area contributed by atoms with E-state index in [4.69, 9.17) is 0 Å². The molecule has 108 valence electrons. The average Bonchev–Trinajstić information content (AvgIpc) is 2.46. The number of nitro benzene ring substituents is 1. The van der Waals surface area contributed by atoms with Gasteiger partial charge in [0.2, 0.25) is 0 Å². The second kappa shape index (κ2) is 5.87. The first kappa shape index (κ1) is 14.3. The zero-order valence-corrected chi connectivity index (χ0v) is 11.3. The molecule has 1 N–H and O–H groups in total. The molecule has 0 aliphatic carbocycles. The average molecular weight is 279 g/mol. The van der Waals surface area contributed by atoms with E-state index in [2.05, 4.69) is 11.8 Å². The van der Waals surface area contributed by atoms with Gasteiger partial charge in [-0.3, -0.25) is 14.9 Å². The molecule has 7 nitrogen and oxygen atoms in total. The molecule has 0 bridgehead atoms. The number of nitrogens with zero attached hydrogens (tertiary/aromatic N) is 3. The first-order chi connectivity index (χ1) is 9.52. The van der Waals surface area contributed by atoms with Crippen molar-refractivity contribution in [3.63, 3.8) is 0 Å². The highest BCUT2D eigenvalue weighted by molar-refractivity contribution is 5.98. The quantitative estimate of drug-likeness (QED) is 0.660. The molecule has 1 fully saturated rings. The zero-order valence-electron chi connectivity index (χ0n) is 11.3. The molecule has 0 radical (unpaired) electrons. The van der Waals surface area contributed by atoms with Gasteiger partial charge in [-0.2, -0.15) is 0 Å². The van der Waals surface area contributed by atoms with Crippen LogP contribution in [0.5, 0.6) is 5.75 Å². The standard InChI is InChI=1S/C13H17N3O4/c1-2-14-5-7-15(8-6-14)13(18)11-9-10(17)3-4-12(11)16(19)20/h3-4,9,17H,2,5-8H2,1H3. The highest BCUT2D eigenvalue weighted by Gasteiger charge is 2.27. The van der Waals surface area contributed by atoms with Crippen molar-refractivity contribution in [2.24, 2.45) is 0 Å². The first-order valence-electron chi connectivity index (χ1n) is 6.52. The Hall–Kier alpha value is -2.15. The largest absolute Gasteiger partial charge is 0.508 e. The van der Waals surface area contributed by atoms with E-state index in [9.17, 15) is 20.0 Å². The van der Waals surface area contributed by atoms with E-state index in [0.29, 0.717) is 13.1 Å². The van der Waals surface area contributed by atoms with Crippen LogP contribution in [0.2, 0.25) is 0 Å². The van der Waals surface area contributed by atoms with Crippen LogP contribution in [0.25, 0.3) is 0 Å². The maximum atomic E-state index is 12.4. The van der Waals surface area contributed by atoms with Crippen LogP contribution in [0.1, 0.15) is 17.3 Å². The van der Waals surface area contributed by atoms with Gasteiger partial charge in [0.05, 0.1) is 4.92 Å². The van der Waals surface area contributed by atoms with Crippen LogP contribution >= 0.6 is 0 Å². The second-order valence-corrected chi connectivity index (χ2v) is 4.69. The monoisotopic (exact) mass is 279 g/mol. The lowest BCUT2D eigenvalue weighted by Gasteiger charge is -2.34. The van der Waals surface area contributed by atoms with Crippen molar-refractivity contribution in [1.29, 1.82) is 0 Å². The van der Waals surface area contributed by atoms with E-state index in [0.717, 1.165) is 31.8 Å². The number of carbonyl (C=O) groups is 1. The SMILES string of the molecule is CCN1CCN(C(=O)c2cc(O)ccc2[N+](=O)[O-])CC1. The van der Waals surface area contributed by atoms with Crippen molar-refractivity contribution >= 4 is 11.6 Å². The van der Waals surface area contributed by atoms with Crippen molar-refractivity contribution in [1.82, 2.24) is 9.80 Å². The van der Waals surface area contributed by atoms with Gasteiger partial charge in [0.1, 0.15) is 11.3 Å². The summed E-state index contributed by atoms with van der Waals surface area (Å²) < 4.78 is 0. The summed E-state index contributed by atoms with van der Waals surface area (Å²) in [6.45, 7) is 5.58. The van der Waals surface area contributed by atoms with Gasteiger partial charge in [-0.25, -0.2) is 0 Å². The van der Waals surface area contributed by atoms with Gasteiger partial charge in [0.15, 0.2) is 0 Å². The molecule has 1 heterocycles. The summed E-state index contributed by atoms with van der Waals surface area (Å²) in [5.41, 5.74) is -0.328. The maximum absolute atomic E-state index is 12.4. The summed E-state index contributed by atoms with van der Waals surface area (Å²) in [6, 6.07) is 3.53. The number of rotatable bonds is 3. The lowest BCUT2D eigenvalue weighted by molar-refractivity contribution is -0.385. The lowest BCUT2D eigenvalue weighted by Crippen LogP contribution is -2.48. The minimum absolute atomic E-state index is 0.0556. The van der Waals surface area contributed by atoms with Gasteiger partial charge in [0.25, 0.3) is 11.6 Å². The minimum Gasteiger partial charge on any atom is -0.508 e. The van der Waals surface area contributed by atoms with Crippen LogP contribution in [0.15, 0.2) is 18.2 Å². The number of hydrogen-bond acceptors (Lipinski definition) is 5. The van der Waals surface area contributed by atoms with Gasteiger partial charge >= 0.3 is 0 Å². The van der Waals surface area contributed by atoms with E-state index in [1.54, 1.807) is 4.90 Å². The van der Waals surface area contributed by atoms with Crippen molar-refractivity contribution in [3.8, 4) is 5.75 Å². The topological polar surface area (TPSA) is 86.9 Å². The van der Waals surface area contributed by atoms with Crippen LogP contribution in [-0.2, 0) is 0 Å². The molecule has 7 heteroatoms. The molecule has 1 aliphatic rings. The van der Waals surface area contributed by atoms with Gasteiger partial charge in [-0.15, -0.1) is 0 Å².